The average Bonchev–Trinajstić information content (AvgIpc) is 2.91. The van der Waals surface area contributed by atoms with Crippen molar-refractivity contribution in [2.45, 2.75) is 66.3 Å². The number of hydrogen-bond donors (Lipinski definition) is 1. The molecule has 0 aliphatic heterocycles. The minimum Gasteiger partial charge on any atom is -0.481 e. The second kappa shape index (κ2) is 7.66. The number of nitrogens with zero attached hydrogens (tertiary/aromatic N) is 4. The van der Waals surface area contributed by atoms with Gasteiger partial charge in [-0.3, -0.25) is 9.59 Å². The zero-order valence-electron chi connectivity index (χ0n) is 17.3. The van der Waals surface area contributed by atoms with Gasteiger partial charge in [0.2, 0.25) is 0 Å². The SMILES string of the molecule is CCN(CCC(=O)O)C(=O)c1cc(C(C)C)nc2c1c(C)nn2C(C)(C)C. The number of fused-ring (bicyclic) bond motifs is 1. The highest BCUT2D eigenvalue weighted by molar-refractivity contribution is 6.06. The van der Waals surface area contributed by atoms with Crippen molar-refractivity contribution >= 4 is 22.9 Å². The standard InChI is InChI=1S/C20H30N4O3/c1-8-23(10-9-16(25)26)19(27)14-11-15(12(2)3)21-18-17(14)13(4)22-24(18)20(5,6)7/h11-12H,8-10H2,1-7H3,(H,25,26). The highest BCUT2D eigenvalue weighted by Gasteiger charge is 2.27. The zero-order chi connectivity index (χ0) is 20.5. The van der Waals surface area contributed by atoms with Crippen LogP contribution in [0.25, 0.3) is 11.0 Å². The second-order valence-electron chi connectivity index (χ2n) is 8.14. The molecule has 0 aliphatic rings. The Morgan fingerprint density at radius 3 is 2.41 bits per heavy atom. The smallest absolute Gasteiger partial charge is 0.305 e. The van der Waals surface area contributed by atoms with Crippen molar-refractivity contribution in [2.24, 2.45) is 0 Å². The summed E-state index contributed by atoms with van der Waals surface area (Å²) in [5, 5.41) is 14.4. The Balaban J connectivity index is 2.69. The number of carboxylic acids is 1. The molecule has 0 unspecified atom stereocenters. The number of aromatic nitrogens is 3. The molecule has 1 amide bonds. The molecule has 7 nitrogen and oxygen atoms in total. The Labute approximate surface area is 160 Å². The fourth-order valence-corrected chi connectivity index (χ4v) is 3.04. The third-order valence-corrected chi connectivity index (χ3v) is 4.55. The van der Waals surface area contributed by atoms with E-state index in [4.69, 9.17) is 10.1 Å². The first-order valence-electron chi connectivity index (χ1n) is 9.39. The predicted octanol–water partition coefficient (Wildman–Crippen LogP) is 3.55. The van der Waals surface area contributed by atoms with Crippen LogP contribution in [0.4, 0.5) is 0 Å². The number of carbonyl (C=O) groups is 2. The second-order valence-corrected chi connectivity index (χ2v) is 8.14. The van der Waals surface area contributed by atoms with Crippen LogP contribution in [0.3, 0.4) is 0 Å². The Kier molecular flexibility index (Phi) is 5.92. The van der Waals surface area contributed by atoms with Crippen LogP contribution in [0.5, 0.6) is 0 Å². The van der Waals surface area contributed by atoms with Crippen LogP contribution in [0.1, 0.15) is 75.6 Å². The Morgan fingerprint density at radius 1 is 1.30 bits per heavy atom. The molecule has 0 spiro atoms. The predicted molar refractivity (Wildman–Crippen MR) is 105 cm³/mol. The number of rotatable bonds is 6. The summed E-state index contributed by atoms with van der Waals surface area (Å²) >= 11 is 0. The average molecular weight is 374 g/mol. The number of pyridine rings is 1. The van der Waals surface area contributed by atoms with Gasteiger partial charge in [0.05, 0.1) is 28.6 Å². The summed E-state index contributed by atoms with van der Waals surface area (Å²) in [5.41, 5.74) is 2.54. The van der Waals surface area contributed by atoms with Crippen molar-refractivity contribution in [1.82, 2.24) is 19.7 Å². The van der Waals surface area contributed by atoms with Crippen LogP contribution in [0, 0.1) is 6.92 Å². The molecular formula is C20H30N4O3. The van der Waals surface area contributed by atoms with Crippen LogP contribution >= 0.6 is 0 Å². The van der Waals surface area contributed by atoms with E-state index in [1.165, 1.54) is 0 Å². The topological polar surface area (TPSA) is 88.3 Å². The number of carboxylic acid groups (broad SMARTS) is 1. The molecule has 0 fully saturated rings. The number of aryl methyl sites for hydroxylation is 1. The summed E-state index contributed by atoms with van der Waals surface area (Å²) in [6, 6.07) is 1.83. The summed E-state index contributed by atoms with van der Waals surface area (Å²) in [6.45, 7) is 14.6. The van der Waals surface area contributed by atoms with E-state index in [2.05, 4.69) is 25.9 Å². The number of hydrogen-bond acceptors (Lipinski definition) is 4. The van der Waals surface area contributed by atoms with Crippen molar-refractivity contribution in [2.75, 3.05) is 13.1 Å². The molecule has 0 bridgehead atoms. The van der Waals surface area contributed by atoms with Gasteiger partial charge < -0.3 is 10.0 Å². The van der Waals surface area contributed by atoms with Gasteiger partial charge in [0.15, 0.2) is 5.65 Å². The van der Waals surface area contributed by atoms with Gasteiger partial charge in [0, 0.05) is 18.8 Å². The van der Waals surface area contributed by atoms with E-state index < -0.39 is 5.97 Å². The van der Waals surface area contributed by atoms with Gasteiger partial charge in [0.25, 0.3) is 5.91 Å². The monoisotopic (exact) mass is 374 g/mol. The number of aliphatic carboxylic acids is 1. The molecular weight excluding hydrogens is 344 g/mol. The van der Waals surface area contributed by atoms with Gasteiger partial charge in [0.1, 0.15) is 0 Å². The first-order chi connectivity index (χ1) is 12.5. The normalized spacial score (nSPS) is 12.0. The number of carbonyl (C=O) groups excluding carboxylic acids is 1. The molecule has 0 radical (unpaired) electrons. The van der Waals surface area contributed by atoms with Crippen molar-refractivity contribution in [3.05, 3.63) is 23.0 Å². The third kappa shape index (κ3) is 4.28. The van der Waals surface area contributed by atoms with Gasteiger partial charge in [-0.25, -0.2) is 9.67 Å². The van der Waals surface area contributed by atoms with Gasteiger partial charge in [-0.05, 0) is 46.6 Å². The summed E-state index contributed by atoms with van der Waals surface area (Å²) in [6.07, 6.45) is -0.0783. The van der Waals surface area contributed by atoms with Crippen LogP contribution in [-0.4, -0.2) is 49.7 Å². The molecule has 27 heavy (non-hydrogen) atoms. The lowest BCUT2D eigenvalue weighted by Gasteiger charge is -2.22. The molecule has 0 saturated heterocycles. The van der Waals surface area contributed by atoms with Crippen molar-refractivity contribution < 1.29 is 14.7 Å². The Morgan fingerprint density at radius 2 is 1.93 bits per heavy atom. The van der Waals surface area contributed by atoms with E-state index in [0.717, 1.165) is 16.8 Å². The lowest BCUT2D eigenvalue weighted by molar-refractivity contribution is -0.137. The van der Waals surface area contributed by atoms with E-state index in [1.54, 1.807) is 4.90 Å². The van der Waals surface area contributed by atoms with Crippen LogP contribution in [0.2, 0.25) is 0 Å². The molecule has 2 aromatic heterocycles. The molecule has 0 aliphatic carbocycles. The van der Waals surface area contributed by atoms with E-state index >= 15 is 0 Å². The molecule has 1 N–H and O–H groups in total. The minimum absolute atomic E-state index is 0.0783. The largest absolute Gasteiger partial charge is 0.481 e. The zero-order valence-corrected chi connectivity index (χ0v) is 17.3. The molecule has 7 heteroatoms. The molecule has 0 aromatic carbocycles. The van der Waals surface area contributed by atoms with Gasteiger partial charge in [-0.15, -0.1) is 0 Å². The maximum absolute atomic E-state index is 13.3. The summed E-state index contributed by atoms with van der Waals surface area (Å²) in [7, 11) is 0. The highest BCUT2D eigenvalue weighted by atomic mass is 16.4. The highest BCUT2D eigenvalue weighted by Crippen LogP contribution is 2.29. The van der Waals surface area contributed by atoms with Crippen molar-refractivity contribution in [3.63, 3.8) is 0 Å². The fraction of sp³-hybridized carbons (Fsp3) is 0.600. The lowest BCUT2D eigenvalue weighted by atomic mass is 10.0. The summed E-state index contributed by atoms with van der Waals surface area (Å²) in [4.78, 5) is 30.6. The van der Waals surface area contributed by atoms with Crippen LogP contribution < -0.4 is 0 Å². The van der Waals surface area contributed by atoms with Crippen molar-refractivity contribution in [1.29, 1.82) is 0 Å². The van der Waals surface area contributed by atoms with Gasteiger partial charge in [-0.1, -0.05) is 13.8 Å². The van der Waals surface area contributed by atoms with Gasteiger partial charge in [-0.2, -0.15) is 5.10 Å². The first-order valence-corrected chi connectivity index (χ1v) is 9.39. The summed E-state index contributed by atoms with van der Waals surface area (Å²) in [5.74, 6) is -0.941. The van der Waals surface area contributed by atoms with Crippen LogP contribution in [-0.2, 0) is 10.3 Å². The minimum atomic E-state index is -0.916. The van der Waals surface area contributed by atoms with E-state index in [9.17, 15) is 9.59 Å². The first kappa shape index (κ1) is 20.9. The Hall–Kier alpha value is -2.44. The van der Waals surface area contributed by atoms with Crippen molar-refractivity contribution in [3.8, 4) is 0 Å². The third-order valence-electron chi connectivity index (χ3n) is 4.55. The lowest BCUT2D eigenvalue weighted by Crippen LogP contribution is -2.33. The molecule has 2 aromatic rings. The Bertz CT molecular complexity index is 862. The molecule has 2 rings (SSSR count). The molecule has 0 saturated carbocycles. The van der Waals surface area contributed by atoms with E-state index in [0.29, 0.717) is 17.8 Å². The van der Waals surface area contributed by atoms with E-state index in [1.807, 2.05) is 38.4 Å². The summed E-state index contributed by atoms with van der Waals surface area (Å²) < 4.78 is 1.87. The molecule has 148 valence electrons. The maximum atomic E-state index is 13.3. The van der Waals surface area contributed by atoms with Crippen LogP contribution in [0.15, 0.2) is 6.07 Å². The van der Waals surface area contributed by atoms with E-state index in [-0.39, 0.29) is 30.3 Å². The van der Waals surface area contributed by atoms with Gasteiger partial charge >= 0.3 is 5.97 Å². The maximum Gasteiger partial charge on any atom is 0.305 e. The fourth-order valence-electron chi connectivity index (χ4n) is 3.04. The number of amides is 1. The quantitative estimate of drug-likeness (QED) is 0.835. The molecule has 0 atom stereocenters. The molecule has 2 heterocycles.